The second-order valence-electron chi connectivity index (χ2n) is 4.11. The summed E-state index contributed by atoms with van der Waals surface area (Å²) in [5.74, 6) is 0.500. The molecule has 16 heavy (non-hydrogen) atoms. The summed E-state index contributed by atoms with van der Waals surface area (Å²) in [6, 6.07) is -0.0355. The van der Waals surface area contributed by atoms with Gasteiger partial charge in [-0.25, -0.2) is 13.1 Å². The molecule has 0 aromatic rings. The fraction of sp³-hybridized carbons (Fsp3) is 1.00. The third-order valence-electron chi connectivity index (χ3n) is 1.99. The normalized spacial score (nSPS) is 14.3. The Morgan fingerprint density at radius 3 is 2.44 bits per heavy atom. The van der Waals surface area contributed by atoms with Crippen LogP contribution in [0.15, 0.2) is 0 Å². The van der Waals surface area contributed by atoms with Crippen LogP contribution in [0.4, 0.5) is 0 Å². The second kappa shape index (κ2) is 8.44. The average molecular weight is 316 g/mol. The first-order valence-electron chi connectivity index (χ1n) is 5.55. The van der Waals surface area contributed by atoms with Crippen molar-refractivity contribution in [1.82, 2.24) is 4.72 Å². The van der Waals surface area contributed by atoms with Crippen LogP contribution >= 0.6 is 15.9 Å². The summed E-state index contributed by atoms with van der Waals surface area (Å²) in [7, 11) is -3.22. The van der Waals surface area contributed by atoms with Crippen LogP contribution in [0.2, 0.25) is 0 Å². The number of halogens is 1. The molecule has 1 N–H and O–H groups in total. The Hall–Kier alpha value is 0.350. The molecule has 6 heteroatoms. The maximum absolute atomic E-state index is 11.6. The van der Waals surface area contributed by atoms with E-state index in [1.54, 1.807) is 0 Å². The molecule has 0 aliphatic carbocycles. The van der Waals surface area contributed by atoms with E-state index in [1.165, 1.54) is 0 Å². The topological polar surface area (TPSA) is 55.4 Å². The van der Waals surface area contributed by atoms with Gasteiger partial charge in [-0.1, -0.05) is 29.8 Å². The van der Waals surface area contributed by atoms with Gasteiger partial charge >= 0.3 is 0 Å². The lowest BCUT2D eigenvalue weighted by Crippen LogP contribution is -2.39. The fourth-order valence-corrected chi connectivity index (χ4v) is 3.12. The molecule has 0 spiro atoms. The summed E-state index contributed by atoms with van der Waals surface area (Å²) in [5, 5.41) is 0.638. The molecule has 0 aromatic carbocycles. The molecule has 0 amide bonds. The summed E-state index contributed by atoms with van der Waals surface area (Å²) >= 11 is 3.32. The Kier molecular flexibility index (Phi) is 8.63. The van der Waals surface area contributed by atoms with Crippen LogP contribution in [0.25, 0.3) is 0 Å². The highest BCUT2D eigenvalue weighted by Gasteiger charge is 2.17. The van der Waals surface area contributed by atoms with Gasteiger partial charge in [-0.2, -0.15) is 0 Å². The summed E-state index contributed by atoms with van der Waals surface area (Å²) in [6.07, 6.45) is 0.832. The number of hydrogen-bond acceptors (Lipinski definition) is 3. The number of hydrogen-bond donors (Lipinski definition) is 1. The highest BCUT2D eigenvalue weighted by atomic mass is 79.9. The molecular formula is C10H22BrNO3S. The predicted molar refractivity (Wildman–Crippen MR) is 70.5 cm³/mol. The van der Waals surface area contributed by atoms with Gasteiger partial charge in [0, 0.05) is 18.0 Å². The van der Waals surface area contributed by atoms with Crippen molar-refractivity contribution in [2.75, 3.05) is 24.3 Å². The van der Waals surface area contributed by atoms with Crippen molar-refractivity contribution < 1.29 is 13.2 Å². The molecule has 0 bridgehead atoms. The molecule has 1 unspecified atom stereocenters. The molecule has 0 fully saturated rings. The average Bonchev–Trinajstić information content (AvgIpc) is 2.15. The van der Waals surface area contributed by atoms with E-state index in [0.717, 1.165) is 6.42 Å². The lowest BCUT2D eigenvalue weighted by Gasteiger charge is -2.18. The summed E-state index contributed by atoms with van der Waals surface area (Å²) in [5.41, 5.74) is 0. The lowest BCUT2D eigenvalue weighted by atomic mass is 10.1. The minimum absolute atomic E-state index is 0.0302. The van der Waals surface area contributed by atoms with E-state index in [4.69, 9.17) is 4.74 Å². The molecule has 98 valence electrons. The maximum Gasteiger partial charge on any atom is 0.214 e. The van der Waals surface area contributed by atoms with Crippen LogP contribution in [-0.4, -0.2) is 38.8 Å². The van der Waals surface area contributed by atoms with Crippen molar-refractivity contribution in [3.63, 3.8) is 0 Å². The molecule has 0 saturated heterocycles. The van der Waals surface area contributed by atoms with Crippen molar-refractivity contribution in [2.45, 2.75) is 33.2 Å². The Balaban J connectivity index is 4.10. The fourth-order valence-electron chi connectivity index (χ4n) is 1.34. The molecule has 0 saturated carbocycles. The van der Waals surface area contributed by atoms with Crippen LogP contribution in [0.3, 0.4) is 0 Å². The monoisotopic (exact) mass is 315 g/mol. The van der Waals surface area contributed by atoms with Crippen molar-refractivity contribution in [3.8, 4) is 0 Å². The van der Waals surface area contributed by atoms with Gasteiger partial charge in [0.2, 0.25) is 10.0 Å². The highest BCUT2D eigenvalue weighted by Crippen LogP contribution is 2.08. The zero-order valence-electron chi connectivity index (χ0n) is 10.2. The van der Waals surface area contributed by atoms with Gasteiger partial charge in [0.05, 0.1) is 12.4 Å². The Labute approximate surface area is 107 Å². The van der Waals surface area contributed by atoms with Crippen molar-refractivity contribution >= 4 is 26.0 Å². The molecule has 0 aliphatic heterocycles. The zero-order valence-corrected chi connectivity index (χ0v) is 12.6. The van der Waals surface area contributed by atoms with Crippen molar-refractivity contribution in [1.29, 1.82) is 0 Å². The van der Waals surface area contributed by atoms with Crippen LogP contribution in [-0.2, 0) is 14.8 Å². The van der Waals surface area contributed by atoms with Crippen LogP contribution < -0.4 is 4.72 Å². The molecule has 0 radical (unpaired) electrons. The Morgan fingerprint density at radius 2 is 2.00 bits per heavy atom. The van der Waals surface area contributed by atoms with Crippen LogP contribution in [0, 0.1) is 5.92 Å². The Morgan fingerprint density at radius 1 is 1.38 bits per heavy atom. The highest BCUT2D eigenvalue weighted by molar-refractivity contribution is 9.09. The molecule has 0 aromatic heterocycles. The number of ether oxygens (including phenoxy) is 1. The van der Waals surface area contributed by atoms with E-state index in [-0.39, 0.29) is 18.4 Å². The smallest absolute Gasteiger partial charge is 0.214 e. The van der Waals surface area contributed by atoms with Gasteiger partial charge in [-0.3, -0.25) is 0 Å². The van der Waals surface area contributed by atoms with E-state index >= 15 is 0 Å². The summed E-state index contributed by atoms with van der Waals surface area (Å²) < 4.78 is 31.0. The number of nitrogens with one attached hydrogen (secondary N) is 1. The summed E-state index contributed by atoms with van der Waals surface area (Å²) in [4.78, 5) is 0. The SMILES string of the molecule is CCOCCS(=O)(=O)NC(CBr)CC(C)C. The van der Waals surface area contributed by atoms with Crippen LogP contribution in [0.1, 0.15) is 27.2 Å². The van der Waals surface area contributed by atoms with Crippen LogP contribution in [0.5, 0.6) is 0 Å². The second-order valence-corrected chi connectivity index (χ2v) is 6.64. The van der Waals surface area contributed by atoms with Gasteiger partial charge in [0.1, 0.15) is 0 Å². The first-order valence-corrected chi connectivity index (χ1v) is 8.32. The number of alkyl halides is 1. The van der Waals surface area contributed by atoms with Gasteiger partial charge in [-0.15, -0.1) is 0 Å². The standard InChI is InChI=1S/C10H22BrNO3S/c1-4-15-5-6-16(13,14)12-10(8-11)7-9(2)3/h9-10,12H,4-8H2,1-3H3. The third kappa shape index (κ3) is 8.50. The Bertz CT molecular complexity index is 267. The minimum atomic E-state index is -3.22. The lowest BCUT2D eigenvalue weighted by molar-refractivity contribution is 0.163. The first kappa shape index (κ1) is 16.4. The predicted octanol–water partition coefficient (Wildman–Crippen LogP) is 1.75. The molecule has 0 heterocycles. The van der Waals surface area contributed by atoms with Gasteiger partial charge < -0.3 is 4.74 Å². The van der Waals surface area contributed by atoms with E-state index in [1.807, 2.05) is 6.92 Å². The molecule has 0 rings (SSSR count). The molecule has 4 nitrogen and oxygen atoms in total. The van der Waals surface area contributed by atoms with Gasteiger partial charge in [-0.05, 0) is 19.3 Å². The minimum Gasteiger partial charge on any atom is -0.381 e. The summed E-state index contributed by atoms with van der Waals surface area (Å²) in [6.45, 7) is 6.79. The molecule has 1 atom stereocenters. The van der Waals surface area contributed by atoms with Gasteiger partial charge in [0.25, 0.3) is 0 Å². The van der Waals surface area contributed by atoms with E-state index < -0.39 is 10.0 Å². The first-order chi connectivity index (χ1) is 7.41. The largest absolute Gasteiger partial charge is 0.381 e. The van der Waals surface area contributed by atoms with Crippen molar-refractivity contribution in [3.05, 3.63) is 0 Å². The third-order valence-corrected chi connectivity index (χ3v) is 4.17. The molecular weight excluding hydrogens is 294 g/mol. The number of sulfonamides is 1. The quantitative estimate of drug-likeness (QED) is 0.521. The zero-order chi connectivity index (χ0) is 12.6. The van der Waals surface area contributed by atoms with E-state index in [9.17, 15) is 8.42 Å². The maximum atomic E-state index is 11.6. The van der Waals surface area contributed by atoms with Crippen molar-refractivity contribution in [2.24, 2.45) is 5.92 Å². The molecule has 0 aliphatic rings. The van der Waals surface area contributed by atoms with E-state index in [2.05, 4.69) is 34.5 Å². The van der Waals surface area contributed by atoms with Gasteiger partial charge in [0.15, 0.2) is 0 Å². The van der Waals surface area contributed by atoms with E-state index in [0.29, 0.717) is 17.9 Å². The number of rotatable bonds is 9.